The third-order valence-corrected chi connectivity index (χ3v) is 7.46. The zero-order chi connectivity index (χ0) is 31.0. The minimum absolute atomic E-state index is 0.0198. The van der Waals surface area contributed by atoms with Crippen LogP contribution in [0.25, 0.3) is 0 Å². The highest BCUT2D eigenvalue weighted by Crippen LogP contribution is 2.29. The molecule has 4 atom stereocenters. The topological polar surface area (TPSA) is 125 Å². The van der Waals surface area contributed by atoms with E-state index in [1.165, 1.54) is 35.0 Å². The van der Waals surface area contributed by atoms with Gasteiger partial charge in [-0.25, -0.2) is 8.42 Å². The molecule has 2 amide bonds. The molecule has 0 spiro atoms. The first-order valence-electron chi connectivity index (χ1n) is 13.6. The van der Waals surface area contributed by atoms with Crippen molar-refractivity contribution in [1.82, 2.24) is 9.80 Å². The van der Waals surface area contributed by atoms with Crippen molar-refractivity contribution in [2.24, 2.45) is 5.92 Å². The Balaban J connectivity index is 2.42. The van der Waals surface area contributed by atoms with E-state index in [-0.39, 0.29) is 42.8 Å². The largest absolute Gasteiger partial charge is 0.490 e. The number of alkyl halides is 3. The third-order valence-electron chi connectivity index (χ3n) is 6.86. The first-order chi connectivity index (χ1) is 19.0. The molecule has 14 heteroatoms. The number of aliphatic hydroxyl groups is 1. The highest BCUT2D eigenvalue weighted by atomic mass is 32.2. The normalized spacial score (nSPS) is 22.2. The lowest BCUT2D eigenvalue weighted by Gasteiger charge is -2.36. The standard InChI is InChI=1S/C27H42F3N3O7S/c1-18-15-33(19(2)17-34)26(36)22-14-21(31-41(5,37)38)9-10-23(22)40-20(3)8-6-7-13-39-24(18)16-32(4)25(35)11-12-27(28,29)30/h9-10,14,18-20,24,31,34H,6-8,11-13,15-17H2,1-5H3/t18-,19-,20-,24+/m0/s1. The van der Waals surface area contributed by atoms with Crippen LogP contribution in [0.15, 0.2) is 18.2 Å². The van der Waals surface area contributed by atoms with Crippen LogP contribution >= 0.6 is 0 Å². The molecule has 0 saturated heterocycles. The van der Waals surface area contributed by atoms with Gasteiger partial charge in [-0.2, -0.15) is 13.2 Å². The summed E-state index contributed by atoms with van der Waals surface area (Å²) < 4.78 is 76.2. The van der Waals surface area contributed by atoms with Crippen molar-refractivity contribution in [3.8, 4) is 5.75 Å². The Morgan fingerprint density at radius 3 is 2.56 bits per heavy atom. The molecule has 2 rings (SSSR count). The number of rotatable bonds is 8. The fourth-order valence-electron chi connectivity index (χ4n) is 4.47. The summed E-state index contributed by atoms with van der Waals surface area (Å²) in [6.45, 7) is 5.37. The lowest BCUT2D eigenvalue weighted by molar-refractivity contribution is -0.149. The van der Waals surface area contributed by atoms with Gasteiger partial charge in [0.2, 0.25) is 15.9 Å². The van der Waals surface area contributed by atoms with Crippen LogP contribution in [0.1, 0.15) is 63.2 Å². The Bertz CT molecular complexity index is 1130. The van der Waals surface area contributed by atoms with Gasteiger partial charge < -0.3 is 24.4 Å². The maximum absolute atomic E-state index is 13.9. The summed E-state index contributed by atoms with van der Waals surface area (Å²) in [6.07, 6.45) is -4.20. The van der Waals surface area contributed by atoms with E-state index in [1.54, 1.807) is 13.8 Å². The van der Waals surface area contributed by atoms with Crippen molar-refractivity contribution in [1.29, 1.82) is 0 Å². The van der Waals surface area contributed by atoms with E-state index in [4.69, 9.17) is 9.47 Å². The molecule has 1 aromatic rings. The fraction of sp³-hybridized carbons (Fsp3) is 0.704. The number of halogens is 3. The van der Waals surface area contributed by atoms with Gasteiger partial charge in [0.05, 0.1) is 43.1 Å². The maximum atomic E-state index is 13.9. The van der Waals surface area contributed by atoms with Gasteiger partial charge in [-0.15, -0.1) is 0 Å². The molecule has 1 heterocycles. The number of nitrogens with one attached hydrogen (secondary N) is 1. The van der Waals surface area contributed by atoms with Gasteiger partial charge in [0.25, 0.3) is 5.91 Å². The van der Waals surface area contributed by atoms with Crippen LogP contribution in [-0.4, -0.2) is 99.2 Å². The summed E-state index contributed by atoms with van der Waals surface area (Å²) in [4.78, 5) is 29.0. The summed E-state index contributed by atoms with van der Waals surface area (Å²) in [6, 6.07) is 3.77. The first-order valence-corrected chi connectivity index (χ1v) is 15.5. The Morgan fingerprint density at radius 1 is 1.27 bits per heavy atom. The molecule has 0 radical (unpaired) electrons. The second kappa shape index (κ2) is 15.1. The molecule has 2 N–H and O–H groups in total. The molecule has 0 fully saturated rings. The van der Waals surface area contributed by atoms with Crippen LogP contribution in [0.5, 0.6) is 5.75 Å². The van der Waals surface area contributed by atoms with E-state index < -0.39 is 58.9 Å². The highest BCUT2D eigenvalue weighted by Gasteiger charge is 2.32. The number of aliphatic hydroxyl groups excluding tert-OH is 1. The van der Waals surface area contributed by atoms with E-state index >= 15 is 0 Å². The lowest BCUT2D eigenvalue weighted by atomic mass is 10.0. The third kappa shape index (κ3) is 11.7. The van der Waals surface area contributed by atoms with Gasteiger partial charge in [0.1, 0.15) is 5.75 Å². The number of ether oxygens (including phenoxy) is 2. The molecule has 0 saturated carbocycles. The van der Waals surface area contributed by atoms with E-state index in [1.807, 2.05) is 6.92 Å². The van der Waals surface area contributed by atoms with Gasteiger partial charge in [0, 0.05) is 44.8 Å². The predicted molar refractivity (Wildman–Crippen MR) is 148 cm³/mol. The summed E-state index contributed by atoms with van der Waals surface area (Å²) in [5.41, 5.74) is 0.272. The zero-order valence-electron chi connectivity index (χ0n) is 24.2. The number of sulfonamides is 1. The van der Waals surface area contributed by atoms with Crippen molar-refractivity contribution < 1.29 is 45.8 Å². The fourth-order valence-corrected chi connectivity index (χ4v) is 5.03. The minimum atomic E-state index is -4.44. The number of hydrogen-bond donors (Lipinski definition) is 2. The summed E-state index contributed by atoms with van der Waals surface area (Å²) >= 11 is 0. The average molecular weight is 610 g/mol. The van der Waals surface area contributed by atoms with E-state index in [9.17, 15) is 36.3 Å². The number of amides is 2. The van der Waals surface area contributed by atoms with E-state index in [0.717, 1.165) is 12.7 Å². The SMILES string of the molecule is C[C@H]1CCCCO[C@H](CN(C)C(=O)CCC(F)(F)F)[C@@H](C)CN([C@@H](C)CO)C(=O)c2cc(NS(C)(=O)=O)ccc2O1. The molecule has 41 heavy (non-hydrogen) atoms. The Kier molecular flexibility index (Phi) is 12.7. The summed E-state index contributed by atoms with van der Waals surface area (Å²) in [7, 11) is -2.21. The Hall–Kier alpha value is -2.58. The number of fused-ring (bicyclic) bond motifs is 1. The van der Waals surface area contributed by atoms with Crippen LogP contribution in [0.2, 0.25) is 0 Å². The maximum Gasteiger partial charge on any atom is 0.389 e. The molecule has 1 aliphatic heterocycles. The molecule has 1 aromatic carbocycles. The zero-order valence-corrected chi connectivity index (χ0v) is 25.1. The number of likely N-dealkylation sites (N-methyl/N-ethyl adjacent to an activating group) is 1. The quantitative estimate of drug-likeness (QED) is 0.461. The first kappa shape index (κ1) is 34.6. The van der Waals surface area contributed by atoms with Crippen molar-refractivity contribution in [3.63, 3.8) is 0 Å². The molecular weight excluding hydrogens is 567 g/mol. The highest BCUT2D eigenvalue weighted by molar-refractivity contribution is 7.92. The van der Waals surface area contributed by atoms with Crippen molar-refractivity contribution in [3.05, 3.63) is 23.8 Å². The van der Waals surface area contributed by atoms with Crippen LogP contribution in [0, 0.1) is 5.92 Å². The number of carbonyl (C=O) groups is 2. The molecule has 1 aliphatic rings. The molecule has 0 aliphatic carbocycles. The van der Waals surface area contributed by atoms with Crippen molar-refractivity contribution >= 4 is 27.5 Å². The Morgan fingerprint density at radius 2 is 1.95 bits per heavy atom. The number of hydrogen-bond acceptors (Lipinski definition) is 7. The lowest BCUT2D eigenvalue weighted by Crippen LogP contribution is -2.48. The van der Waals surface area contributed by atoms with Gasteiger partial charge in [0.15, 0.2) is 0 Å². The average Bonchev–Trinajstić information content (AvgIpc) is 2.87. The smallest absolute Gasteiger partial charge is 0.389 e. The van der Waals surface area contributed by atoms with Crippen LogP contribution < -0.4 is 9.46 Å². The molecule has 0 bridgehead atoms. The Labute approximate surface area is 240 Å². The number of benzene rings is 1. The van der Waals surface area contributed by atoms with Gasteiger partial charge in [-0.3, -0.25) is 14.3 Å². The molecule has 0 unspecified atom stereocenters. The summed E-state index contributed by atoms with van der Waals surface area (Å²) in [5, 5.41) is 9.98. The second-order valence-corrected chi connectivity index (χ2v) is 12.5. The van der Waals surface area contributed by atoms with E-state index in [2.05, 4.69) is 4.72 Å². The number of nitrogens with zero attached hydrogens (tertiary/aromatic N) is 2. The number of anilines is 1. The van der Waals surface area contributed by atoms with Gasteiger partial charge >= 0.3 is 6.18 Å². The molecular formula is C27H42F3N3O7S. The minimum Gasteiger partial charge on any atom is -0.490 e. The number of carbonyl (C=O) groups excluding carboxylic acids is 2. The molecule has 0 aromatic heterocycles. The second-order valence-electron chi connectivity index (χ2n) is 10.8. The van der Waals surface area contributed by atoms with Crippen molar-refractivity contribution in [2.75, 3.05) is 44.3 Å². The van der Waals surface area contributed by atoms with Crippen LogP contribution in [0.4, 0.5) is 18.9 Å². The molecule has 10 nitrogen and oxygen atoms in total. The predicted octanol–water partition coefficient (Wildman–Crippen LogP) is 3.65. The van der Waals surface area contributed by atoms with Gasteiger partial charge in [-0.1, -0.05) is 6.92 Å². The monoisotopic (exact) mass is 609 g/mol. The van der Waals surface area contributed by atoms with Crippen LogP contribution in [-0.2, 0) is 19.6 Å². The summed E-state index contributed by atoms with van der Waals surface area (Å²) in [5.74, 6) is -1.30. The molecule has 234 valence electrons. The van der Waals surface area contributed by atoms with Crippen LogP contribution in [0.3, 0.4) is 0 Å². The van der Waals surface area contributed by atoms with Crippen molar-refractivity contribution in [2.45, 2.75) is 77.3 Å². The van der Waals surface area contributed by atoms with E-state index in [0.29, 0.717) is 19.4 Å². The van der Waals surface area contributed by atoms with Gasteiger partial charge in [-0.05, 0) is 51.3 Å².